The second-order valence-corrected chi connectivity index (χ2v) is 4.95. The van der Waals surface area contributed by atoms with Crippen molar-refractivity contribution in [3.05, 3.63) is 11.5 Å². The summed E-state index contributed by atoms with van der Waals surface area (Å²) in [4.78, 5) is 13.6. The van der Waals surface area contributed by atoms with Gasteiger partial charge in [0.25, 0.3) is 0 Å². The maximum absolute atomic E-state index is 11.4. The zero-order valence-electron chi connectivity index (χ0n) is 9.80. The smallest absolute Gasteiger partial charge is 0.196 e. The summed E-state index contributed by atoms with van der Waals surface area (Å²) in [6.07, 6.45) is 2.45. The van der Waals surface area contributed by atoms with Crippen molar-refractivity contribution in [2.24, 2.45) is 5.41 Å². The molecule has 0 spiro atoms. The van der Waals surface area contributed by atoms with E-state index in [0.29, 0.717) is 17.8 Å². The van der Waals surface area contributed by atoms with Crippen LogP contribution in [0, 0.1) is 5.41 Å². The van der Waals surface area contributed by atoms with Gasteiger partial charge in [0.2, 0.25) is 0 Å². The number of hydrogen-bond donors (Lipinski definition) is 0. The highest BCUT2D eigenvalue weighted by atomic mass is 16.5. The summed E-state index contributed by atoms with van der Waals surface area (Å²) in [6.45, 7) is 8.45. The zero-order chi connectivity index (χ0) is 11.1. The van der Waals surface area contributed by atoms with Gasteiger partial charge in [0.1, 0.15) is 0 Å². The van der Waals surface area contributed by atoms with Crippen LogP contribution in [0.1, 0.15) is 33.6 Å². The molecular formula is C12H19NO2. The van der Waals surface area contributed by atoms with E-state index in [9.17, 15) is 4.79 Å². The first kappa shape index (κ1) is 10.5. The van der Waals surface area contributed by atoms with Crippen LogP contribution >= 0.6 is 0 Å². The zero-order valence-corrected chi connectivity index (χ0v) is 9.80. The van der Waals surface area contributed by atoms with E-state index in [0.717, 1.165) is 18.8 Å². The number of Topliss-reactive ketones (excluding diaryl/α,β-unsaturated/α-hetero) is 1. The SMILES string of the molecule is CCN1C/C1=C(/OCC1(C)CC1)C(C)=O. The van der Waals surface area contributed by atoms with Crippen LogP contribution in [0.4, 0.5) is 0 Å². The molecule has 84 valence electrons. The third kappa shape index (κ3) is 2.33. The molecule has 1 aliphatic carbocycles. The van der Waals surface area contributed by atoms with Gasteiger partial charge in [0.15, 0.2) is 11.5 Å². The van der Waals surface area contributed by atoms with Gasteiger partial charge in [-0.2, -0.15) is 0 Å². The Morgan fingerprint density at radius 3 is 2.60 bits per heavy atom. The van der Waals surface area contributed by atoms with Crippen molar-refractivity contribution in [3.63, 3.8) is 0 Å². The number of ether oxygens (including phenoxy) is 1. The molecule has 3 heteroatoms. The third-order valence-electron chi connectivity index (χ3n) is 3.25. The minimum Gasteiger partial charge on any atom is -0.487 e. The second kappa shape index (κ2) is 3.54. The molecule has 0 atom stereocenters. The first-order valence-corrected chi connectivity index (χ1v) is 5.67. The van der Waals surface area contributed by atoms with Crippen LogP contribution in [0.25, 0.3) is 0 Å². The average molecular weight is 209 g/mol. The molecule has 0 amide bonds. The number of ketones is 1. The number of nitrogens with zero attached hydrogens (tertiary/aromatic N) is 1. The molecule has 2 rings (SSSR count). The molecular weight excluding hydrogens is 190 g/mol. The van der Waals surface area contributed by atoms with E-state index in [1.165, 1.54) is 12.8 Å². The Labute approximate surface area is 91.1 Å². The van der Waals surface area contributed by atoms with Gasteiger partial charge >= 0.3 is 0 Å². The summed E-state index contributed by atoms with van der Waals surface area (Å²) in [5.41, 5.74) is 1.43. The number of carbonyl (C=O) groups excluding carboxylic acids is 1. The summed E-state index contributed by atoms with van der Waals surface area (Å²) >= 11 is 0. The Bertz CT molecular complexity index is 316. The van der Waals surface area contributed by atoms with E-state index in [4.69, 9.17) is 4.74 Å². The Morgan fingerprint density at radius 1 is 1.53 bits per heavy atom. The van der Waals surface area contributed by atoms with E-state index in [1.807, 2.05) is 0 Å². The van der Waals surface area contributed by atoms with E-state index < -0.39 is 0 Å². The van der Waals surface area contributed by atoms with Crippen molar-refractivity contribution >= 4 is 5.78 Å². The van der Waals surface area contributed by atoms with E-state index in [-0.39, 0.29) is 5.78 Å². The molecule has 1 saturated heterocycles. The van der Waals surface area contributed by atoms with Gasteiger partial charge in [-0.25, -0.2) is 0 Å². The maximum Gasteiger partial charge on any atom is 0.196 e. The Hall–Kier alpha value is -0.990. The number of hydrogen-bond acceptors (Lipinski definition) is 3. The molecule has 1 heterocycles. The molecule has 1 saturated carbocycles. The van der Waals surface area contributed by atoms with Crippen LogP contribution in [0.15, 0.2) is 11.5 Å². The van der Waals surface area contributed by atoms with Crippen molar-refractivity contribution in [2.45, 2.75) is 33.6 Å². The number of likely N-dealkylation sites (N-methyl/N-ethyl adjacent to an activating group) is 1. The highest BCUT2D eigenvalue weighted by Crippen LogP contribution is 2.45. The molecule has 2 fully saturated rings. The highest BCUT2D eigenvalue weighted by Gasteiger charge is 2.39. The molecule has 1 aliphatic heterocycles. The summed E-state index contributed by atoms with van der Waals surface area (Å²) in [6, 6.07) is 0. The second-order valence-electron chi connectivity index (χ2n) is 4.95. The molecule has 3 nitrogen and oxygen atoms in total. The summed E-state index contributed by atoms with van der Waals surface area (Å²) < 4.78 is 5.67. The number of rotatable bonds is 5. The Balaban J connectivity index is 1.96. The van der Waals surface area contributed by atoms with Crippen molar-refractivity contribution in [3.8, 4) is 0 Å². The Kier molecular flexibility index (Phi) is 2.49. The molecule has 0 radical (unpaired) electrons. The van der Waals surface area contributed by atoms with E-state index in [2.05, 4.69) is 18.7 Å². The number of carbonyl (C=O) groups is 1. The maximum atomic E-state index is 11.4. The van der Waals surface area contributed by atoms with Crippen LogP contribution in [-0.4, -0.2) is 30.4 Å². The topological polar surface area (TPSA) is 29.3 Å². The Morgan fingerprint density at radius 2 is 2.20 bits per heavy atom. The summed E-state index contributed by atoms with van der Waals surface area (Å²) in [5.74, 6) is 0.662. The molecule has 0 unspecified atom stereocenters. The predicted octanol–water partition coefficient (Wildman–Crippen LogP) is 1.94. The molecule has 0 bridgehead atoms. The fraction of sp³-hybridized carbons (Fsp3) is 0.750. The van der Waals surface area contributed by atoms with Crippen LogP contribution in [0.2, 0.25) is 0 Å². The minimum atomic E-state index is 0.0604. The minimum absolute atomic E-state index is 0.0604. The van der Waals surface area contributed by atoms with Gasteiger partial charge in [0.05, 0.1) is 18.8 Å². The van der Waals surface area contributed by atoms with Crippen molar-refractivity contribution in [1.82, 2.24) is 4.90 Å². The fourth-order valence-corrected chi connectivity index (χ4v) is 1.66. The predicted molar refractivity (Wildman–Crippen MR) is 58.2 cm³/mol. The van der Waals surface area contributed by atoms with Gasteiger partial charge in [-0.05, 0) is 19.8 Å². The van der Waals surface area contributed by atoms with Crippen molar-refractivity contribution < 1.29 is 9.53 Å². The third-order valence-corrected chi connectivity index (χ3v) is 3.25. The highest BCUT2D eigenvalue weighted by molar-refractivity contribution is 5.92. The van der Waals surface area contributed by atoms with Gasteiger partial charge < -0.3 is 9.64 Å². The first-order valence-electron chi connectivity index (χ1n) is 5.67. The fourth-order valence-electron chi connectivity index (χ4n) is 1.66. The molecule has 2 aliphatic rings. The largest absolute Gasteiger partial charge is 0.487 e. The molecule has 15 heavy (non-hydrogen) atoms. The van der Waals surface area contributed by atoms with Gasteiger partial charge in [-0.3, -0.25) is 4.79 Å². The lowest BCUT2D eigenvalue weighted by atomic mass is 10.2. The normalized spacial score (nSPS) is 24.9. The standard InChI is InChI=1S/C12H19NO2/c1-4-13-7-10(13)11(9(2)14)15-8-12(3)5-6-12/h4-8H2,1-3H3/b11-10-. The van der Waals surface area contributed by atoms with Crippen LogP contribution in [0.5, 0.6) is 0 Å². The molecule has 0 N–H and O–H groups in total. The molecule has 0 aromatic heterocycles. The van der Waals surface area contributed by atoms with Crippen molar-refractivity contribution in [2.75, 3.05) is 19.7 Å². The lowest BCUT2D eigenvalue weighted by Crippen LogP contribution is -2.11. The van der Waals surface area contributed by atoms with Crippen LogP contribution in [-0.2, 0) is 9.53 Å². The quantitative estimate of drug-likeness (QED) is 0.393. The molecule has 0 aromatic carbocycles. The van der Waals surface area contributed by atoms with E-state index in [1.54, 1.807) is 6.92 Å². The van der Waals surface area contributed by atoms with Gasteiger partial charge in [-0.1, -0.05) is 6.92 Å². The summed E-state index contributed by atoms with van der Waals surface area (Å²) in [7, 11) is 0. The molecule has 0 aromatic rings. The van der Waals surface area contributed by atoms with E-state index >= 15 is 0 Å². The van der Waals surface area contributed by atoms with Crippen LogP contribution in [0.3, 0.4) is 0 Å². The monoisotopic (exact) mass is 209 g/mol. The first-order chi connectivity index (χ1) is 7.06. The van der Waals surface area contributed by atoms with Gasteiger partial charge in [-0.15, -0.1) is 0 Å². The lowest BCUT2D eigenvalue weighted by molar-refractivity contribution is -0.117. The van der Waals surface area contributed by atoms with Crippen LogP contribution < -0.4 is 0 Å². The average Bonchev–Trinajstić information content (AvgIpc) is 3.04. The van der Waals surface area contributed by atoms with Crippen molar-refractivity contribution in [1.29, 1.82) is 0 Å². The summed E-state index contributed by atoms with van der Waals surface area (Å²) in [5, 5.41) is 0. The lowest BCUT2D eigenvalue weighted by Gasteiger charge is -2.11. The van der Waals surface area contributed by atoms with Gasteiger partial charge in [0, 0.05) is 18.9 Å². The number of allylic oxidation sites excluding steroid dienone is 1.